The van der Waals surface area contributed by atoms with Gasteiger partial charge in [-0.25, -0.2) is 0 Å². The van der Waals surface area contributed by atoms with E-state index in [4.69, 9.17) is 31.1 Å². The van der Waals surface area contributed by atoms with Crippen LogP contribution in [0.1, 0.15) is 31.4 Å². The highest BCUT2D eigenvalue weighted by Crippen LogP contribution is 2.30. The van der Waals surface area contributed by atoms with Gasteiger partial charge in [0.15, 0.2) is 0 Å². The van der Waals surface area contributed by atoms with Gasteiger partial charge in [-0.1, -0.05) is 22.8 Å². The van der Waals surface area contributed by atoms with Gasteiger partial charge in [0.25, 0.3) is 5.89 Å². The SMILES string of the molecule is CC(C)Oc1ccc(-c2nc(-c3ccc(CN[C@@H](CCO)C(=O)O)cc3Cl)no2)cc1C#N.Cl. The van der Waals surface area contributed by atoms with E-state index in [2.05, 4.69) is 21.5 Å². The number of aromatic nitrogens is 2. The number of nitriles is 1. The van der Waals surface area contributed by atoms with Crippen LogP contribution in [-0.2, 0) is 11.3 Å². The highest BCUT2D eigenvalue weighted by atomic mass is 35.5. The number of benzene rings is 2. The van der Waals surface area contributed by atoms with Crippen molar-refractivity contribution >= 4 is 30.0 Å². The average molecular weight is 507 g/mol. The molecule has 1 aromatic heterocycles. The van der Waals surface area contributed by atoms with Crippen molar-refractivity contribution in [2.45, 2.75) is 39.0 Å². The predicted octanol–water partition coefficient (Wildman–Crippen LogP) is 4.06. The van der Waals surface area contributed by atoms with E-state index in [0.29, 0.717) is 27.5 Å². The van der Waals surface area contributed by atoms with Gasteiger partial charge in [0, 0.05) is 24.3 Å². The fourth-order valence-electron chi connectivity index (χ4n) is 3.09. The number of halogens is 2. The highest BCUT2D eigenvalue weighted by molar-refractivity contribution is 6.33. The lowest BCUT2D eigenvalue weighted by Crippen LogP contribution is -2.36. The summed E-state index contributed by atoms with van der Waals surface area (Å²) in [6.45, 7) is 3.79. The maximum Gasteiger partial charge on any atom is 0.320 e. The van der Waals surface area contributed by atoms with Crippen molar-refractivity contribution in [1.29, 1.82) is 5.26 Å². The summed E-state index contributed by atoms with van der Waals surface area (Å²) < 4.78 is 11.0. The van der Waals surface area contributed by atoms with Crippen molar-refractivity contribution in [2.75, 3.05) is 6.61 Å². The smallest absolute Gasteiger partial charge is 0.320 e. The Morgan fingerprint density at radius 1 is 1.29 bits per heavy atom. The van der Waals surface area contributed by atoms with Crippen LogP contribution in [0.4, 0.5) is 0 Å². The van der Waals surface area contributed by atoms with Crippen LogP contribution in [0.15, 0.2) is 40.9 Å². The van der Waals surface area contributed by atoms with Gasteiger partial charge < -0.3 is 24.8 Å². The highest BCUT2D eigenvalue weighted by Gasteiger charge is 2.18. The first-order valence-corrected chi connectivity index (χ1v) is 10.6. The molecule has 0 saturated carbocycles. The summed E-state index contributed by atoms with van der Waals surface area (Å²) in [6, 6.07) is 11.5. The number of hydrogen-bond donors (Lipinski definition) is 3. The molecule has 0 radical (unpaired) electrons. The molecular weight excluding hydrogens is 483 g/mol. The Labute approximate surface area is 207 Å². The molecule has 3 rings (SSSR count). The minimum absolute atomic E-state index is 0. The number of aliphatic hydroxyl groups excluding tert-OH is 1. The van der Waals surface area contributed by atoms with Crippen molar-refractivity contribution in [3.05, 3.63) is 52.5 Å². The molecule has 11 heteroatoms. The van der Waals surface area contributed by atoms with E-state index in [-0.39, 0.29) is 49.8 Å². The number of aliphatic carboxylic acids is 1. The molecule has 0 bridgehead atoms. The van der Waals surface area contributed by atoms with E-state index in [1.165, 1.54) is 0 Å². The first-order chi connectivity index (χ1) is 15.8. The van der Waals surface area contributed by atoms with Crippen molar-refractivity contribution in [3.8, 4) is 34.7 Å². The zero-order valence-electron chi connectivity index (χ0n) is 18.5. The number of ether oxygens (including phenoxy) is 1. The third-order valence-corrected chi connectivity index (χ3v) is 4.99. The number of rotatable bonds is 10. The number of carboxylic acids is 1. The van der Waals surface area contributed by atoms with Gasteiger partial charge in [0.1, 0.15) is 17.9 Å². The number of nitrogens with zero attached hydrogens (tertiary/aromatic N) is 3. The summed E-state index contributed by atoms with van der Waals surface area (Å²) in [7, 11) is 0. The summed E-state index contributed by atoms with van der Waals surface area (Å²) in [4.78, 5) is 15.6. The van der Waals surface area contributed by atoms with Crippen LogP contribution in [0, 0.1) is 11.3 Å². The van der Waals surface area contributed by atoms with Gasteiger partial charge in [-0.05, 0) is 56.2 Å². The molecule has 34 heavy (non-hydrogen) atoms. The van der Waals surface area contributed by atoms with Gasteiger partial charge in [0.05, 0.1) is 16.7 Å². The minimum Gasteiger partial charge on any atom is -0.490 e. The second-order valence-corrected chi connectivity index (χ2v) is 7.92. The Balaban J connectivity index is 0.00000408. The molecule has 2 aromatic carbocycles. The number of nitrogens with one attached hydrogen (secondary N) is 1. The lowest BCUT2D eigenvalue weighted by molar-refractivity contribution is -0.139. The third-order valence-electron chi connectivity index (χ3n) is 4.68. The molecule has 0 spiro atoms. The van der Waals surface area contributed by atoms with Crippen LogP contribution in [0.3, 0.4) is 0 Å². The molecule has 0 aliphatic carbocycles. The van der Waals surface area contributed by atoms with Gasteiger partial charge in [-0.15, -0.1) is 12.4 Å². The second-order valence-electron chi connectivity index (χ2n) is 7.51. The number of carbonyl (C=O) groups is 1. The minimum atomic E-state index is -1.03. The first-order valence-electron chi connectivity index (χ1n) is 10.2. The summed E-state index contributed by atoms with van der Waals surface area (Å²) in [5.41, 5.74) is 2.23. The monoisotopic (exact) mass is 506 g/mol. The Kier molecular flexibility index (Phi) is 9.83. The Hall–Kier alpha value is -3.16. The zero-order chi connectivity index (χ0) is 24.0. The van der Waals surface area contributed by atoms with Gasteiger partial charge >= 0.3 is 5.97 Å². The molecule has 0 fully saturated rings. The molecule has 3 aromatic rings. The lowest BCUT2D eigenvalue weighted by atomic mass is 10.1. The van der Waals surface area contributed by atoms with E-state index < -0.39 is 12.0 Å². The van der Waals surface area contributed by atoms with Crippen LogP contribution in [0.2, 0.25) is 5.02 Å². The van der Waals surface area contributed by atoms with Crippen LogP contribution >= 0.6 is 24.0 Å². The Morgan fingerprint density at radius 2 is 2.06 bits per heavy atom. The topological polar surface area (TPSA) is 142 Å². The summed E-state index contributed by atoms with van der Waals surface area (Å²) in [6.07, 6.45) is 0.0354. The van der Waals surface area contributed by atoms with E-state index in [0.717, 1.165) is 5.56 Å². The summed E-state index contributed by atoms with van der Waals surface area (Å²) >= 11 is 6.41. The summed E-state index contributed by atoms with van der Waals surface area (Å²) in [5.74, 6) is -0.0475. The molecular formula is C23H24Cl2N4O5. The normalized spacial score (nSPS) is 11.5. The van der Waals surface area contributed by atoms with Crippen LogP contribution < -0.4 is 10.1 Å². The largest absolute Gasteiger partial charge is 0.490 e. The maximum atomic E-state index is 11.2. The van der Waals surface area contributed by atoms with Crippen LogP contribution in [-0.4, -0.2) is 45.1 Å². The van der Waals surface area contributed by atoms with E-state index in [9.17, 15) is 10.1 Å². The number of hydrogen-bond acceptors (Lipinski definition) is 8. The van der Waals surface area contributed by atoms with Crippen molar-refractivity contribution < 1.29 is 24.3 Å². The Morgan fingerprint density at radius 3 is 2.68 bits per heavy atom. The first kappa shape index (κ1) is 27.1. The maximum absolute atomic E-state index is 11.2. The number of aliphatic hydroxyl groups is 1. The van der Waals surface area contributed by atoms with Crippen molar-refractivity contribution in [2.24, 2.45) is 0 Å². The fourth-order valence-corrected chi connectivity index (χ4v) is 3.38. The fraction of sp³-hybridized carbons (Fsp3) is 0.304. The predicted molar refractivity (Wildman–Crippen MR) is 128 cm³/mol. The molecule has 0 saturated heterocycles. The van der Waals surface area contributed by atoms with Crippen LogP contribution in [0.5, 0.6) is 5.75 Å². The Bertz CT molecular complexity index is 1180. The quantitative estimate of drug-likeness (QED) is 0.370. The van der Waals surface area contributed by atoms with E-state index in [1.807, 2.05) is 13.8 Å². The molecule has 180 valence electrons. The van der Waals surface area contributed by atoms with Gasteiger partial charge in [0.2, 0.25) is 5.82 Å². The molecule has 0 amide bonds. The van der Waals surface area contributed by atoms with Crippen molar-refractivity contribution in [3.63, 3.8) is 0 Å². The molecule has 9 nitrogen and oxygen atoms in total. The second kappa shape index (κ2) is 12.3. The molecule has 3 N–H and O–H groups in total. The lowest BCUT2D eigenvalue weighted by Gasteiger charge is -2.13. The molecule has 0 aliphatic rings. The van der Waals surface area contributed by atoms with Gasteiger partial charge in [-0.3, -0.25) is 4.79 Å². The number of carboxylic acid groups (broad SMARTS) is 1. The molecule has 1 atom stereocenters. The van der Waals surface area contributed by atoms with E-state index >= 15 is 0 Å². The average Bonchev–Trinajstić information content (AvgIpc) is 3.26. The van der Waals surface area contributed by atoms with Gasteiger partial charge in [-0.2, -0.15) is 10.2 Å². The molecule has 0 aliphatic heterocycles. The third kappa shape index (κ3) is 6.68. The zero-order valence-corrected chi connectivity index (χ0v) is 20.1. The standard InChI is InChI=1S/C23H23ClN4O5.ClH/c1-13(2)32-20-6-4-15(10-16(20)11-25)22-27-21(28-33-22)17-5-3-14(9-18(17)24)12-26-19(7-8-29)23(30)31;/h3-6,9-10,13,19,26,29H,7-8,12H2,1-2H3,(H,30,31);1H/t19-;/m0./s1. The van der Waals surface area contributed by atoms with E-state index in [1.54, 1.807) is 36.4 Å². The van der Waals surface area contributed by atoms with Crippen molar-refractivity contribution in [1.82, 2.24) is 15.5 Å². The van der Waals surface area contributed by atoms with Crippen LogP contribution in [0.25, 0.3) is 22.8 Å². The molecule has 1 heterocycles. The summed E-state index contributed by atoms with van der Waals surface area (Å²) in [5, 5.41) is 34.8. The molecule has 0 unspecified atom stereocenters.